The molecule has 0 radical (unpaired) electrons. The van der Waals surface area contributed by atoms with Crippen LogP contribution >= 0.6 is 34.9 Å². The zero-order valence-electron chi connectivity index (χ0n) is 20.6. The molecular formula is C23H21FN8O4S3. The molecule has 4 aromatic rings. The van der Waals surface area contributed by atoms with E-state index in [0.29, 0.717) is 21.8 Å². The first-order valence-electron chi connectivity index (χ1n) is 11.4. The van der Waals surface area contributed by atoms with Gasteiger partial charge in [0.2, 0.25) is 11.0 Å². The summed E-state index contributed by atoms with van der Waals surface area (Å²) in [7, 11) is 0. The Morgan fingerprint density at radius 2 is 1.87 bits per heavy atom. The molecule has 0 fully saturated rings. The van der Waals surface area contributed by atoms with E-state index in [1.165, 1.54) is 72.5 Å². The van der Waals surface area contributed by atoms with Crippen molar-refractivity contribution in [3.8, 4) is 5.69 Å². The lowest BCUT2D eigenvalue weighted by Crippen LogP contribution is -2.25. The summed E-state index contributed by atoms with van der Waals surface area (Å²) >= 11 is 3.90. The fourth-order valence-corrected chi connectivity index (χ4v) is 5.84. The van der Waals surface area contributed by atoms with Gasteiger partial charge in [-0.15, -0.1) is 20.4 Å². The third-order valence-electron chi connectivity index (χ3n) is 5.19. The Kier molecular flexibility index (Phi) is 9.21. The van der Waals surface area contributed by atoms with Crippen LogP contribution in [0.25, 0.3) is 5.69 Å². The van der Waals surface area contributed by atoms with Gasteiger partial charge in [0.05, 0.1) is 17.2 Å². The first kappa shape index (κ1) is 28.1. The summed E-state index contributed by atoms with van der Waals surface area (Å²) in [6.07, 6.45) is 0. The van der Waals surface area contributed by atoms with Crippen LogP contribution in [0, 0.1) is 22.9 Å². The second-order valence-corrected chi connectivity index (χ2v) is 11.2. The Hall–Kier alpha value is -3.89. The number of nitrogens with zero attached hydrogens (tertiary/aromatic N) is 6. The summed E-state index contributed by atoms with van der Waals surface area (Å²) in [5.74, 6) is -0.162. The lowest BCUT2D eigenvalue weighted by atomic mass is 10.1. The molecule has 202 valence electrons. The van der Waals surface area contributed by atoms with Gasteiger partial charge in [-0.25, -0.2) is 4.39 Å². The molecule has 0 aliphatic heterocycles. The van der Waals surface area contributed by atoms with Crippen LogP contribution in [-0.4, -0.2) is 53.2 Å². The van der Waals surface area contributed by atoms with E-state index in [4.69, 9.17) is 0 Å². The minimum atomic E-state index is -0.551. The summed E-state index contributed by atoms with van der Waals surface area (Å²) in [5, 5.41) is 33.6. The molecule has 16 heteroatoms. The van der Waals surface area contributed by atoms with E-state index >= 15 is 0 Å². The molecule has 39 heavy (non-hydrogen) atoms. The van der Waals surface area contributed by atoms with Crippen molar-refractivity contribution >= 4 is 57.5 Å². The van der Waals surface area contributed by atoms with Crippen molar-refractivity contribution in [2.45, 2.75) is 29.9 Å². The van der Waals surface area contributed by atoms with Gasteiger partial charge in [0.1, 0.15) is 5.82 Å². The third-order valence-corrected chi connectivity index (χ3v) is 7.97. The Balaban J connectivity index is 1.50. The van der Waals surface area contributed by atoms with Crippen molar-refractivity contribution in [2.24, 2.45) is 0 Å². The van der Waals surface area contributed by atoms with Crippen molar-refractivity contribution in [3.05, 3.63) is 75.3 Å². The molecule has 0 saturated heterocycles. The van der Waals surface area contributed by atoms with Gasteiger partial charge in [-0.2, -0.15) is 0 Å². The van der Waals surface area contributed by atoms with E-state index in [-0.39, 0.29) is 35.0 Å². The summed E-state index contributed by atoms with van der Waals surface area (Å²) in [6.45, 7) is 3.41. The molecule has 2 N–H and O–H groups in total. The monoisotopic (exact) mass is 588 g/mol. The Bertz CT molecular complexity index is 1510. The number of rotatable bonds is 11. The van der Waals surface area contributed by atoms with Gasteiger partial charge in [-0.1, -0.05) is 47.9 Å². The van der Waals surface area contributed by atoms with E-state index in [1.54, 1.807) is 4.57 Å². The smallest absolute Gasteiger partial charge is 0.273 e. The molecule has 0 spiro atoms. The normalized spacial score (nSPS) is 10.8. The number of amides is 2. The topological polar surface area (TPSA) is 158 Å². The molecule has 2 heterocycles. The predicted molar refractivity (Wildman–Crippen MR) is 146 cm³/mol. The molecule has 0 aliphatic carbocycles. The minimum absolute atomic E-state index is 0.0194. The van der Waals surface area contributed by atoms with Gasteiger partial charge in [-0.05, 0) is 43.0 Å². The summed E-state index contributed by atoms with van der Waals surface area (Å²) in [5.41, 5.74) is 0.743. The zero-order chi connectivity index (χ0) is 27.9. The molecule has 0 unspecified atom stereocenters. The summed E-state index contributed by atoms with van der Waals surface area (Å²) in [6, 6.07) is 9.83. The van der Waals surface area contributed by atoms with Gasteiger partial charge in [0.15, 0.2) is 15.3 Å². The van der Waals surface area contributed by atoms with Crippen LogP contribution in [0.5, 0.6) is 0 Å². The maximum absolute atomic E-state index is 13.6. The van der Waals surface area contributed by atoms with Gasteiger partial charge >= 0.3 is 0 Å². The fourth-order valence-electron chi connectivity index (χ4n) is 3.41. The first-order chi connectivity index (χ1) is 18.8. The first-order valence-corrected chi connectivity index (χ1v) is 14.2. The van der Waals surface area contributed by atoms with Crippen molar-refractivity contribution in [1.29, 1.82) is 0 Å². The van der Waals surface area contributed by atoms with Crippen LogP contribution in [0.2, 0.25) is 0 Å². The Morgan fingerprint density at radius 1 is 1.10 bits per heavy atom. The molecule has 12 nitrogen and oxygen atoms in total. The molecule has 4 rings (SSSR count). The standard InChI is InChI=1S/C23H21FN8O4S3/c1-3-37-23-30-28-21(39-23)26-19(33)12-38-22-29-27-18(31(22)15-9-7-14(24)8-10-15)11-25-20(34)16-5-4-6-17(13(16)2)32(35)36/h4-10H,3,11-12H2,1-2H3,(H,25,34)(H,26,28,33). The van der Waals surface area contributed by atoms with Gasteiger partial charge in [-0.3, -0.25) is 29.6 Å². The molecule has 0 aliphatic rings. The van der Waals surface area contributed by atoms with E-state index in [2.05, 4.69) is 31.0 Å². The largest absolute Gasteiger partial charge is 0.345 e. The predicted octanol–water partition coefficient (Wildman–Crippen LogP) is 4.25. The van der Waals surface area contributed by atoms with Crippen LogP contribution < -0.4 is 10.6 Å². The highest BCUT2D eigenvalue weighted by Gasteiger charge is 2.20. The third kappa shape index (κ3) is 6.96. The maximum atomic E-state index is 13.6. The average Bonchev–Trinajstić information content (AvgIpc) is 3.53. The Morgan fingerprint density at radius 3 is 2.59 bits per heavy atom. The van der Waals surface area contributed by atoms with E-state index in [0.717, 1.165) is 21.9 Å². The van der Waals surface area contributed by atoms with Crippen LogP contribution in [0.3, 0.4) is 0 Å². The Labute approximate surface area is 234 Å². The highest BCUT2D eigenvalue weighted by atomic mass is 32.2. The number of hydrogen-bond donors (Lipinski definition) is 2. The zero-order valence-corrected chi connectivity index (χ0v) is 23.0. The second-order valence-electron chi connectivity index (χ2n) is 7.74. The second kappa shape index (κ2) is 12.8. The van der Waals surface area contributed by atoms with Crippen molar-refractivity contribution < 1.29 is 18.9 Å². The number of halogens is 1. The molecule has 0 bridgehead atoms. The van der Waals surface area contributed by atoms with Crippen LogP contribution in [0.15, 0.2) is 52.0 Å². The minimum Gasteiger partial charge on any atom is -0.345 e. The molecular weight excluding hydrogens is 568 g/mol. The number of hydrogen-bond acceptors (Lipinski definition) is 11. The highest BCUT2D eigenvalue weighted by molar-refractivity contribution is 8.01. The fraction of sp³-hybridized carbons (Fsp3) is 0.217. The molecule has 0 saturated carbocycles. The van der Waals surface area contributed by atoms with Crippen molar-refractivity contribution in [3.63, 3.8) is 0 Å². The number of anilines is 1. The summed E-state index contributed by atoms with van der Waals surface area (Å²) < 4.78 is 15.9. The van der Waals surface area contributed by atoms with E-state index in [9.17, 15) is 24.1 Å². The lowest BCUT2D eigenvalue weighted by Gasteiger charge is -2.11. The van der Waals surface area contributed by atoms with Crippen LogP contribution in [0.4, 0.5) is 15.2 Å². The number of nitrogens with one attached hydrogen (secondary N) is 2. The molecule has 2 amide bonds. The average molecular weight is 589 g/mol. The molecule has 2 aromatic carbocycles. The van der Waals surface area contributed by atoms with Crippen LogP contribution in [-0.2, 0) is 11.3 Å². The molecule has 2 aromatic heterocycles. The van der Waals surface area contributed by atoms with E-state index < -0.39 is 16.6 Å². The summed E-state index contributed by atoms with van der Waals surface area (Å²) in [4.78, 5) is 36.0. The van der Waals surface area contributed by atoms with Crippen molar-refractivity contribution in [2.75, 3.05) is 16.8 Å². The number of benzene rings is 2. The number of nitro groups is 1. The number of carbonyl (C=O) groups is 2. The SMILES string of the molecule is CCSc1nnc(NC(=O)CSc2nnc(CNC(=O)c3cccc([N+](=O)[O-])c3C)n2-c2ccc(F)cc2)s1. The molecule has 0 atom stereocenters. The lowest BCUT2D eigenvalue weighted by molar-refractivity contribution is -0.385. The quantitative estimate of drug-likeness (QED) is 0.112. The highest BCUT2D eigenvalue weighted by Crippen LogP contribution is 2.26. The number of carbonyl (C=O) groups excluding carboxylic acids is 2. The van der Waals surface area contributed by atoms with Crippen molar-refractivity contribution in [1.82, 2.24) is 30.3 Å². The number of thioether (sulfide) groups is 2. The van der Waals surface area contributed by atoms with Crippen LogP contribution in [0.1, 0.15) is 28.7 Å². The number of aromatic nitrogens is 5. The number of nitro benzene ring substituents is 1. The maximum Gasteiger partial charge on any atom is 0.273 e. The van der Waals surface area contributed by atoms with Gasteiger partial charge in [0, 0.05) is 22.9 Å². The van der Waals surface area contributed by atoms with Gasteiger partial charge < -0.3 is 5.32 Å². The van der Waals surface area contributed by atoms with E-state index in [1.807, 2.05) is 6.92 Å². The van der Waals surface area contributed by atoms with Gasteiger partial charge in [0.25, 0.3) is 11.6 Å².